The monoisotopic (exact) mass is 272 g/mol. The molecule has 4 N–H and O–H groups in total. The van der Waals surface area contributed by atoms with Crippen molar-refractivity contribution in [2.24, 2.45) is 11.5 Å². The predicted octanol–water partition coefficient (Wildman–Crippen LogP) is 1.39. The van der Waals surface area contributed by atoms with E-state index in [4.69, 9.17) is 11.5 Å². The third-order valence-corrected chi connectivity index (χ3v) is 3.28. The molecule has 0 aliphatic heterocycles. The van der Waals surface area contributed by atoms with Crippen LogP contribution in [0, 0.1) is 0 Å². The van der Waals surface area contributed by atoms with Gasteiger partial charge < -0.3 is 16.4 Å². The Labute approximate surface area is 118 Å². The molecular formula is C15H20N4O. The number of amides is 1. The van der Waals surface area contributed by atoms with Gasteiger partial charge in [0.15, 0.2) is 0 Å². The number of pyridine rings is 1. The fourth-order valence-electron chi connectivity index (χ4n) is 2.34. The molecule has 0 aliphatic carbocycles. The number of carbonyl (C=O) groups is 1. The summed E-state index contributed by atoms with van der Waals surface area (Å²) in [5.74, 6) is -0.359. The minimum absolute atomic E-state index is 0.138. The van der Waals surface area contributed by atoms with Crippen LogP contribution in [0.4, 0.5) is 5.69 Å². The molecule has 20 heavy (non-hydrogen) atoms. The highest BCUT2D eigenvalue weighted by atomic mass is 16.1. The van der Waals surface area contributed by atoms with Gasteiger partial charge in [-0.3, -0.25) is 9.78 Å². The van der Waals surface area contributed by atoms with Crippen molar-refractivity contribution in [1.82, 2.24) is 4.98 Å². The predicted molar refractivity (Wildman–Crippen MR) is 81.3 cm³/mol. The van der Waals surface area contributed by atoms with Crippen LogP contribution in [0.5, 0.6) is 0 Å². The lowest BCUT2D eigenvalue weighted by molar-refractivity contribution is -0.116. The normalized spacial score (nSPS) is 11.0. The zero-order valence-electron chi connectivity index (χ0n) is 11.8. The van der Waals surface area contributed by atoms with E-state index in [2.05, 4.69) is 4.98 Å². The first kappa shape index (κ1) is 14.3. The van der Waals surface area contributed by atoms with E-state index >= 15 is 0 Å². The molecule has 5 nitrogen and oxygen atoms in total. The van der Waals surface area contributed by atoms with Crippen molar-refractivity contribution in [3.63, 3.8) is 0 Å². The van der Waals surface area contributed by atoms with Crippen LogP contribution in [0.15, 0.2) is 30.5 Å². The van der Waals surface area contributed by atoms with Gasteiger partial charge in [0.2, 0.25) is 5.91 Å². The quantitative estimate of drug-likeness (QED) is 0.861. The van der Waals surface area contributed by atoms with Crippen LogP contribution in [0.2, 0.25) is 0 Å². The largest absolute Gasteiger partial charge is 0.368 e. The van der Waals surface area contributed by atoms with Gasteiger partial charge in [0, 0.05) is 29.7 Å². The van der Waals surface area contributed by atoms with Gasteiger partial charge in [-0.25, -0.2) is 0 Å². The van der Waals surface area contributed by atoms with E-state index in [1.54, 1.807) is 6.20 Å². The summed E-state index contributed by atoms with van der Waals surface area (Å²) in [5, 5.41) is 0.991. The number of hydrogen-bond donors (Lipinski definition) is 2. The standard InChI is InChI=1S/C15H20N4O/c1-10(2)19(9-14(17)20)15-11(7-16)8-18-13-6-4-3-5-12(13)15/h3-6,8,10H,7,9,16H2,1-2H3,(H2,17,20). The molecule has 106 valence electrons. The van der Waals surface area contributed by atoms with Crippen LogP contribution >= 0.6 is 0 Å². The number of rotatable bonds is 5. The minimum atomic E-state index is -0.359. The maximum atomic E-state index is 11.4. The summed E-state index contributed by atoms with van der Waals surface area (Å²) in [4.78, 5) is 17.7. The Hall–Kier alpha value is -2.14. The number of nitrogens with zero attached hydrogens (tertiary/aromatic N) is 2. The molecule has 0 atom stereocenters. The first-order valence-electron chi connectivity index (χ1n) is 6.66. The van der Waals surface area contributed by atoms with Gasteiger partial charge in [-0.1, -0.05) is 18.2 Å². The molecular weight excluding hydrogens is 252 g/mol. The molecule has 1 amide bonds. The lowest BCUT2D eigenvalue weighted by Gasteiger charge is -2.30. The number of hydrogen-bond acceptors (Lipinski definition) is 4. The third-order valence-electron chi connectivity index (χ3n) is 3.28. The summed E-state index contributed by atoms with van der Waals surface area (Å²) in [6.45, 7) is 4.59. The SMILES string of the molecule is CC(C)N(CC(N)=O)c1c(CN)cnc2ccccc12. The second kappa shape index (κ2) is 5.88. The summed E-state index contributed by atoms with van der Waals surface area (Å²) in [5.41, 5.74) is 14.0. The highest BCUT2D eigenvalue weighted by molar-refractivity contribution is 5.95. The molecule has 2 aromatic rings. The molecule has 0 unspecified atom stereocenters. The van der Waals surface area contributed by atoms with Gasteiger partial charge in [-0.15, -0.1) is 0 Å². The number of aromatic nitrogens is 1. The smallest absolute Gasteiger partial charge is 0.236 e. The van der Waals surface area contributed by atoms with Crippen LogP contribution in [-0.2, 0) is 11.3 Å². The second-order valence-corrected chi connectivity index (χ2v) is 5.04. The molecule has 1 aromatic carbocycles. The summed E-state index contributed by atoms with van der Waals surface area (Å²) >= 11 is 0. The number of fused-ring (bicyclic) bond motifs is 1. The van der Waals surface area contributed by atoms with Crippen LogP contribution in [0.25, 0.3) is 10.9 Å². The number of benzene rings is 1. The molecule has 1 aromatic heterocycles. The average Bonchev–Trinajstić information content (AvgIpc) is 2.43. The number of primary amides is 1. The van der Waals surface area contributed by atoms with E-state index in [0.29, 0.717) is 6.54 Å². The Kier molecular flexibility index (Phi) is 4.20. The van der Waals surface area contributed by atoms with Gasteiger partial charge in [0.25, 0.3) is 0 Å². The zero-order valence-corrected chi connectivity index (χ0v) is 11.8. The van der Waals surface area contributed by atoms with Gasteiger partial charge in [0.1, 0.15) is 0 Å². The molecule has 0 aliphatic rings. The van der Waals surface area contributed by atoms with Crippen molar-refractivity contribution in [2.75, 3.05) is 11.4 Å². The van der Waals surface area contributed by atoms with Crippen molar-refractivity contribution < 1.29 is 4.79 Å². The molecule has 0 saturated heterocycles. The lowest BCUT2D eigenvalue weighted by atomic mass is 10.1. The van der Waals surface area contributed by atoms with E-state index in [9.17, 15) is 4.79 Å². The summed E-state index contributed by atoms with van der Waals surface area (Å²) < 4.78 is 0. The Balaban J connectivity index is 2.67. The van der Waals surface area contributed by atoms with Crippen LogP contribution < -0.4 is 16.4 Å². The van der Waals surface area contributed by atoms with E-state index in [-0.39, 0.29) is 18.5 Å². The van der Waals surface area contributed by atoms with Crippen molar-refractivity contribution in [2.45, 2.75) is 26.4 Å². The molecule has 0 fully saturated rings. The number of carbonyl (C=O) groups excluding carboxylic acids is 1. The summed E-state index contributed by atoms with van der Waals surface area (Å²) in [6.07, 6.45) is 1.77. The first-order valence-corrected chi connectivity index (χ1v) is 6.66. The first-order chi connectivity index (χ1) is 9.54. The molecule has 1 heterocycles. The fourth-order valence-corrected chi connectivity index (χ4v) is 2.34. The van der Waals surface area contributed by atoms with Crippen molar-refractivity contribution >= 4 is 22.5 Å². The van der Waals surface area contributed by atoms with Crippen molar-refractivity contribution in [1.29, 1.82) is 0 Å². The Bertz CT molecular complexity index is 624. The molecule has 2 rings (SSSR count). The van der Waals surface area contributed by atoms with E-state index in [0.717, 1.165) is 22.2 Å². The lowest BCUT2D eigenvalue weighted by Crippen LogP contribution is -2.39. The molecule has 0 bridgehead atoms. The molecule has 5 heteroatoms. The average molecular weight is 272 g/mol. The topological polar surface area (TPSA) is 85.2 Å². The maximum Gasteiger partial charge on any atom is 0.236 e. The fraction of sp³-hybridized carbons (Fsp3) is 0.333. The molecule has 0 saturated carbocycles. The van der Waals surface area contributed by atoms with E-state index in [1.807, 2.05) is 43.0 Å². The maximum absolute atomic E-state index is 11.4. The summed E-state index contributed by atoms with van der Waals surface area (Å²) in [6, 6.07) is 7.97. The summed E-state index contributed by atoms with van der Waals surface area (Å²) in [7, 11) is 0. The number of nitrogens with two attached hydrogens (primary N) is 2. The minimum Gasteiger partial charge on any atom is -0.368 e. The Morgan fingerprint density at radius 3 is 2.65 bits per heavy atom. The van der Waals surface area contributed by atoms with Crippen molar-refractivity contribution in [3.05, 3.63) is 36.0 Å². The highest BCUT2D eigenvalue weighted by Crippen LogP contribution is 2.30. The van der Waals surface area contributed by atoms with Gasteiger partial charge in [-0.2, -0.15) is 0 Å². The van der Waals surface area contributed by atoms with Gasteiger partial charge in [-0.05, 0) is 19.9 Å². The zero-order chi connectivity index (χ0) is 14.7. The van der Waals surface area contributed by atoms with Crippen molar-refractivity contribution in [3.8, 4) is 0 Å². The second-order valence-electron chi connectivity index (χ2n) is 5.04. The van der Waals surface area contributed by atoms with Crippen LogP contribution in [0.3, 0.4) is 0 Å². The highest BCUT2D eigenvalue weighted by Gasteiger charge is 2.19. The number of anilines is 1. The van der Waals surface area contributed by atoms with Crippen LogP contribution in [-0.4, -0.2) is 23.5 Å². The van der Waals surface area contributed by atoms with Crippen LogP contribution in [0.1, 0.15) is 19.4 Å². The Morgan fingerprint density at radius 2 is 2.05 bits per heavy atom. The number of para-hydroxylation sites is 1. The van der Waals surface area contributed by atoms with E-state index < -0.39 is 0 Å². The van der Waals surface area contributed by atoms with Gasteiger partial charge in [0.05, 0.1) is 17.7 Å². The third kappa shape index (κ3) is 2.72. The Morgan fingerprint density at radius 1 is 1.35 bits per heavy atom. The molecule has 0 radical (unpaired) electrons. The van der Waals surface area contributed by atoms with E-state index in [1.165, 1.54) is 0 Å². The van der Waals surface area contributed by atoms with Gasteiger partial charge >= 0.3 is 0 Å². The molecule has 0 spiro atoms.